The van der Waals surface area contributed by atoms with Gasteiger partial charge in [0.1, 0.15) is 5.82 Å². The average Bonchev–Trinajstić information content (AvgIpc) is 2.56. The number of aryl methyl sites for hydroxylation is 1. The number of aromatic nitrogens is 1. The van der Waals surface area contributed by atoms with E-state index >= 15 is 0 Å². The van der Waals surface area contributed by atoms with Gasteiger partial charge in [0.05, 0.1) is 13.7 Å². The molecule has 1 heterocycles. The maximum absolute atomic E-state index is 12.4. The predicted octanol–water partition coefficient (Wildman–Crippen LogP) is 4.08. The van der Waals surface area contributed by atoms with Crippen molar-refractivity contribution in [1.29, 1.82) is 0 Å². The van der Waals surface area contributed by atoms with Gasteiger partial charge in [-0.3, -0.25) is 4.79 Å². The lowest BCUT2D eigenvalue weighted by Gasteiger charge is -2.13. The van der Waals surface area contributed by atoms with Crippen LogP contribution >= 0.6 is 0 Å². The van der Waals surface area contributed by atoms with Crippen molar-refractivity contribution in [3.63, 3.8) is 0 Å². The molecule has 0 atom stereocenters. The highest BCUT2D eigenvalue weighted by atomic mass is 16.5. The summed E-state index contributed by atoms with van der Waals surface area (Å²) in [7, 11) is 1.56. The molecule has 0 radical (unpaired) electrons. The second-order valence-corrected chi connectivity index (χ2v) is 6.02. The van der Waals surface area contributed by atoms with Crippen LogP contribution < -0.4 is 14.8 Å². The third kappa shape index (κ3) is 4.72. The molecule has 1 N–H and O–H groups in total. The number of nitrogens with one attached hydrogen (secondary N) is 1. The number of benzene rings is 1. The van der Waals surface area contributed by atoms with E-state index in [-0.39, 0.29) is 5.91 Å². The molecule has 24 heavy (non-hydrogen) atoms. The molecule has 128 valence electrons. The van der Waals surface area contributed by atoms with Crippen LogP contribution in [0.1, 0.15) is 36.2 Å². The van der Waals surface area contributed by atoms with Gasteiger partial charge in [-0.2, -0.15) is 0 Å². The summed E-state index contributed by atoms with van der Waals surface area (Å²) in [5, 5.41) is 2.81. The Balaban J connectivity index is 2.10. The smallest absolute Gasteiger partial charge is 0.256 e. The zero-order valence-corrected chi connectivity index (χ0v) is 14.6. The Labute approximate surface area is 143 Å². The number of nitrogens with zero attached hydrogens (tertiary/aromatic N) is 1. The summed E-state index contributed by atoms with van der Waals surface area (Å²) in [6.07, 6.45) is 2.61. The lowest BCUT2D eigenvalue weighted by atomic mass is 10.1. The SMILES string of the molecule is COc1cc(C(=O)Nc2ncccc2C)ccc1OCCC(C)C. The summed E-state index contributed by atoms with van der Waals surface area (Å²) in [4.78, 5) is 16.6. The van der Waals surface area contributed by atoms with Crippen molar-refractivity contribution in [2.45, 2.75) is 27.2 Å². The monoisotopic (exact) mass is 328 g/mol. The van der Waals surface area contributed by atoms with Gasteiger partial charge in [0.25, 0.3) is 5.91 Å². The summed E-state index contributed by atoms with van der Waals surface area (Å²) in [6, 6.07) is 8.89. The Morgan fingerprint density at radius 2 is 2.04 bits per heavy atom. The molecule has 0 aliphatic carbocycles. The number of anilines is 1. The number of pyridine rings is 1. The first-order valence-corrected chi connectivity index (χ1v) is 8.05. The number of methoxy groups -OCH3 is 1. The Morgan fingerprint density at radius 3 is 2.71 bits per heavy atom. The highest BCUT2D eigenvalue weighted by molar-refractivity contribution is 6.04. The molecule has 0 bridgehead atoms. The van der Waals surface area contributed by atoms with Crippen molar-refractivity contribution in [1.82, 2.24) is 4.98 Å². The van der Waals surface area contributed by atoms with Gasteiger partial charge in [-0.25, -0.2) is 4.98 Å². The molecular weight excluding hydrogens is 304 g/mol. The quantitative estimate of drug-likeness (QED) is 0.832. The molecule has 1 aromatic carbocycles. The molecule has 2 aromatic rings. The van der Waals surface area contributed by atoms with Gasteiger partial charge < -0.3 is 14.8 Å². The maximum atomic E-state index is 12.4. The Morgan fingerprint density at radius 1 is 1.25 bits per heavy atom. The minimum absolute atomic E-state index is 0.233. The highest BCUT2D eigenvalue weighted by Crippen LogP contribution is 2.28. The second-order valence-electron chi connectivity index (χ2n) is 6.02. The number of hydrogen-bond donors (Lipinski definition) is 1. The molecule has 5 nitrogen and oxygen atoms in total. The Kier molecular flexibility index (Phi) is 6.18. The fourth-order valence-corrected chi connectivity index (χ4v) is 2.13. The molecule has 0 unspecified atom stereocenters. The fraction of sp³-hybridized carbons (Fsp3) is 0.368. The van der Waals surface area contributed by atoms with Crippen molar-refractivity contribution in [3.05, 3.63) is 47.7 Å². The third-order valence-electron chi connectivity index (χ3n) is 3.62. The summed E-state index contributed by atoms with van der Waals surface area (Å²) in [5.41, 5.74) is 1.40. The molecular formula is C19H24N2O3. The maximum Gasteiger partial charge on any atom is 0.256 e. The highest BCUT2D eigenvalue weighted by Gasteiger charge is 2.13. The topological polar surface area (TPSA) is 60.5 Å². The van der Waals surface area contributed by atoms with Gasteiger partial charge in [-0.05, 0) is 49.1 Å². The van der Waals surface area contributed by atoms with Crippen molar-refractivity contribution in [2.24, 2.45) is 5.92 Å². The predicted molar refractivity (Wildman–Crippen MR) is 94.9 cm³/mol. The van der Waals surface area contributed by atoms with Gasteiger partial charge in [0, 0.05) is 11.8 Å². The number of carbonyl (C=O) groups is 1. The van der Waals surface area contributed by atoms with Gasteiger partial charge in [0.2, 0.25) is 0 Å². The summed E-state index contributed by atoms with van der Waals surface area (Å²) in [6.45, 7) is 6.81. The van der Waals surface area contributed by atoms with Crippen molar-refractivity contribution in [2.75, 3.05) is 19.0 Å². The lowest BCUT2D eigenvalue weighted by molar-refractivity contribution is 0.102. The molecule has 0 saturated carbocycles. The Hall–Kier alpha value is -2.56. The van der Waals surface area contributed by atoms with Crippen LogP contribution in [0.3, 0.4) is 0 Å². The lowest BCUT2D eigenvalue weighted by Crippen LogP contribution is -2.14. The van der Waals surface area contributed by atoms with Crippen LogP contribution in [0.2, 0.25) is 0 Å². The number of amides is 1. The summed E-state index contributed by atoms with van der Waals surface area (Å²) in [5.74, 6) is 2.08. The largest absolute Gasteiger partial charge is 0.493 e. The zero-order chi connectivity index (χ0) is 17.5. The van der Waals surface area contributed by atoms with Crippen LogP contribution in [0.4, 0.5) is 5.82 Å². The van der Waals surface area contributed by atoms with Crippen LogP contribution in [-0.4, -0.2) is 24.6 Å². The number of carbonyl (C=O) groups excluding carboxylic acids is 1. The summed E-state index contributed by atoms with van der Waals surface area (Å²) < 4.78 is 11.1. The number of ether oxygens (including phenoxy) is 2. The van der Waals surface area contributed by atoms with Crippen LogP contribution in [0.15, 0.2) is 36.5 Å². The molecule has 0 aliphatic heterocycles. The van der Waals surface area contributed by atoms with Gasteiger partial charge in [-0.1, -0.05) is 19.9 Å². The molecule has 5 heteroatoms. The van der Waals surface area contributed by atoms with E-state index in [1.165, 1.54) is 0 Å². The second kappa shape index (κ2) is 8.34. The Bertz CT molecular complexity index is 699. The van der Waals surface area contributed by atoms with E-state index in [0.29, 0.717) is 35.4 Å². The zero-order valence-electron chi connectivity index (χ0n) is 14.6. The van der Waals surface area contributed by atoms with Gasteiger partial charge >= 0.3 is 0 Å². The van der Waals surface area contributed by atoms with Gasteiger partial charge in [-0.15, -0.1) is 0 Å². The van der Waals surface area contributed by atoms with E-state index in [0.717, 1.165) is 12.0 Å². The van der Waals surface area contributed by atoms with Crippen LogP contribution in [0.25, 0.3) is 0 Å². The van der Waals surface area contributed by atoms with E-state index in [1.54, 1.807) is 31.5 Å². The third-order valence-corrected chi connectivity index (χ3v) is 3.62. The van der Waals surface area contributed by atoms with E-state index in [1.807, 2.05) is 19.1 Å². The minimum atomic E-state index is -0.233. The molecule has 0 saturated heterocycles. The van der Waals surface area contributed by atoms with Crippen molar-refractivity contribution < 1.29 is 14.3 Å². The van der Waals surface area contributed by atoms with Crippen molar-refractivity contribution in [3.8, 4) is 11.5 Å². The first-order chi connectivity index (χ1) is 11.5. The molecule has 2 rings (SSSR count). The average molecular weight is 328 g/mol. The normalized spacial score (nSPS) is 10.5. The molecule has 0 fully saturated rings. The standard InChI is InChI=1S/C19H24N2O3/c1-13(2)9-11-24-16-8-7-15(12-17(16)23-4)19(22)21-18-14(3)6-5-10-20-18/h5-8,10,12-13H,9,11H2,1-4H3,(H,20,21,22). The first-order valence-electron chi connectivity index (χ1n) is 8.05. The molecule has 1 amide bonds. The van der Waals surface area contributed by atoms with E-state index in [2.05, 4.69) is 24.1 Å². The number of rotatable bonds is 7. The summed E-state index contributed by atoms with van der Waals surface area (Å²) >= 11 is 0. The minimum Gasteiger partial charge on any atom is -0.493 e. The van der Waals surface area contributed by atoms with Crippen LogP contribution in [-0.2, 0) is 0 Å². The van der Waals surface area contributed by atoms with E-state index < -0.39 is 0 Å². The number of hydrogen-bond acceptors (Lipinski definition) is 4. The first kappa shape index (κ1) is 17.8. The van der Waals surface area contributed by atoms with Crippen molar-refractivity contribution >= 4 is 11.7 Å². The fourth-order valence-electron chi connectivity index (χ4n) is 2.13. The van der Waals surface area contributed by atoms with E-state index in [4.69, 9.17) is 9.47 Å². The molecule has 1 aromatic heterocycles. The van der Waals surface area contributed by atoms with Crippen LogP contribution in [0, 0.1) is 12.8 Å². The van der Waals surface area contributed by atoms with Gasteiger partial charge in [0.15, 0.2) is 11.5 Å². The molecule has 0 spiro atoms. The molecule has 0 aliphatic rings. The van der Waals surface area contributed by atoms with E-state index in [9.17, 15) is 4.79 Å². The van der Waals surface area contributed by atoms with Crippen LogP contribution in [0.5, 0.6) is 11.5 Å².